The lowest BCUT2D eigenvalue weighted by Gasteiger charge is -2.05. The number of amides is 1. The number of hydrogen-bond donors (Lipinski definition) is 3. The normalized spacial score (nSPS) is 11.4. The number of halogens is 2. The Kier molecular flexibility index (Phi) is 4.46. The number of nitrogens with zero attached hydrogens (tertiary/aromatic N) is 1. The molecule has 20 heavy (non-hydrogen) atoms. The van der Waals surface area contributed by atoms with Crippen molar-refractivity contribution in [2.75, 3.05) is 0 Å². The predicted octanol–water partition coefficient (Wildman–Crippen LogP) is 3.29. The highest BCUT2D eigenvalue weighted by atomic mass is 79.9. The third-order valence-corrected chi connectivity index (χ3v) is 3.26. The molecule has 2 aromatic rings. The maximum absolute atomic E-state index is 11.8. The molecule has 3 N–H and O–H groups in total. The molecule has 0 unspecified atom stereocenters. The lowest BCUT2D eigenvalue weighted by Crippen LogP contribution is -2.19. The maximum atomic E-state index is 11.8. The molecule has 104 valence electrons. The number of hydrogen-bond acceptors (Lipinski definition) is 3. The largest absolute Gasteiger partial charge is 0.507 e. The smallest absolute Gasteiger partial charge is 0.287 e. The van der Waals surface area contributed by atoms with Crippen LogP contribution in [-0.4, -0.2) is 21.7 Å². The first-order valence-electron chi connectivity index (χ1n) is 5.65. The second kappa shape index (κ2) is 6.11. The van der Waals surface area contributed by atoms with Crippen LogP contribution in [0.1, 0.15) is 23.0 Å². The summed E-state index contributed by atoms with van der Waals surface area (Å²) < 4.78 is 0.774. The number of benzene rings is 1. The highest BCUT2D eigenvalue weighted by Gasteiger charge is 2.09. The summed E-state index contributed by atoms with van der Waals surface area (Å²) in [4.78, 5) is 14.6. The minimum atomic E-state index is -0.378. The van der Waals surface area contributed by atoms with E-state index in [1.54, 1.807) is 31.3 Å². The molecule has 0 aliphatic carbocycles. The summed E-state index contributed by atoms with van der Waals surface area (Å²) in [5.74, 6) is -0.330. The fraction of sp³-hybridized carbons (Fsp3) is 0.0769. The SMILES string of the molecule is C/C(=N\NC(=O)c1cc(Br)c[nH]1)c1cc(Cl)ccc1O. The second-order valence-corrected chi connectivity index (χ2v) is 5.38. The van der Waals surface area contributed by atoms with Gasteiger partial charge >= 0.3 is 0 Å². The van der Waals surface area contributed by atoms with Gasteiger partial charge in [-0.2, -0.15) is 5.10 Å². The van der Waals surface area contributed by atoms with Crippen molar-refractivity contribution < 1.29 is 9.90 Å². The van der Waals surface area contributed by atoms with E-state index in [2.05, 4.69) is 31.4 Å². The highest BCUT2D eigenvalue weighted by Crippen LogP contribution is 2.22. The molecular weight excluding hydrogens is 346 g/mol. The zero-order chi connectivity index (χ0) is 14.7. The van der Waals surface area contributed by atoms with E-state index >= 15 is 0 Å². The van der Waals surface area contributed by atoms with E-state index in [1.165, 1.54) is 6.07 Å². The first-order valence-corrected chi connectivity index (χ1v) is 6.82. The van der Waals surface area contributed by atoms with Gasteiger partial charge in [-0.15, -0.1) is 0 Å². The van der Waals surface area contributed by atoms with E-state index in [1.807, 2.05) is 0 Å². The molecule has 0 spiro atoms. The molecule has 0 atom stereocenters. The van der Waals surface area contributed by atoms with Gasteiger partial charge in [-0.1, -0.05) is 11.6 Å². The Hall–Kier alpha value is -1.79. The van der Waals surface area contributed by atoms with Crippen molar-refractivity contribution in [1.29, 1.82) is 0 Å². The average Bonchev–Trinajstić information content (AvgIpc) is 2.85. The number of carbonyl (C=O) groups is 1. The molecule has 7 heteroatoms. The van der Waals surface area contributed by atoms with Crippen LogP contribution in [0.25, 0.3) is 0 Å². The molecule has 1 aromatic carbocycles. The van der Waals surface area contributed by atoms with Crippen LogP contribution >= 0.6 is 27.5 Å². The van der Waals surface area contributed by atoms with Crippen LogP contribution in [0.5, 0.6) is 5.75 Å². The number of rotatable bonds is 3. The van der Waals surface area contributed by atoms with Crippen molar-refractivity contribution in [1.82, 2.24) is 10.4 Å². The second-order valence-electron chi connectivity index (χ2n) is 4.03. The number of H-pyrrole nitrogens is 1. The Balaban J connectivity index is 2.15. The van der Waals surface area contributed by atoms with Crippen LogP contribution in [0, 0.1) is 0 Å². The van der Waals surface area contributed by atoms with Crippen LogP contribution in [0.3, 0.4) is 0 Å². The van der Waals surface area contributed by atoms with E-state index in [4.69, 9.17) is 11.6 Å². The monoisotopic (exact) mass is 355 g/mol. The number of aromatic nitrogens is 1. The van der Waals surface area contributed by atoms with Crippen LogP contribution in [0.15, 0.2) is 40.0 Å². The van der Waals surface area contributed by atoms with Crippen molar-refractivity contribution in [3.05, 3.63) is 51.2 Å². The van der Waals surface area contributed by atoms with Gasteiger partial charge in [-0.3, -0.25) is 4.79 Å². The number of nitrogens with one attached hydrogen (secondary N) is 2. The van der Waals surface area contributed by atoms with Crippen molar-refractivity contribution in [2.45, 2.75) is 6.92 Å². The first-order chi connectivity index (χ1) is 9.47. The van der Waals surface area contributed by atoms with Gasteiger partial charge in [0, 0.05) is 21.3 Å². The average molecular weight is 357 g/mol. The summed E-state index contributed by atoms with van der Waals surface area (Å²) >= 11 is 9.10. The van der Waals surface area contributed by atoms with Crippen LogP contribution in [0.2, 0.25) is 5.02 Å². The summed E-state index contributed by atoms with van der Waals surface area (Å²) in [6.07, 6.45) is 1.65. The Morgan fingerprint density at radius 2 is 2.20 bits per heavy atom. The van der Waals surface area contributed by atoms with E-state index < -0.39 is 0 Å². The molecule has 1 aromatic heterocycles. The van der Waals surface area contributed by atoms with Crippen molar-refractivity contribution in [3.63, 3.8) is 0 Å². The summed E-state index contributed by atoms with van der Waals surface area (Å²) in [6, 6.07) is 6.26. The predicted molar refractivity (Wildman–Crippen MR) is 81.3 cm³/mol. The lowest BCUT2D eigenvalue weighted by molar-refractivity contribution is 0.0950. The van der Waals surface area contributed by atoms with Crippen molar-refractivity contribution in [3.8, 4) is 5.75 Å². The number of phenolic OH excluding ortho intramolecular Hbond substituents is 1. The van der Waals surface area contributed by atoms with Gasteiger partial charge in [-0.05, 0) is 47.1 Å². The molecule has 0 aliphatic rings. The van der Waals surface area contributed by atoms with Crippen LogP contribution in [0.4, 0.5) is 0 Å². The number of carbonyl (C=O) groups excluding carboxylic acids is 1. The van der Waals surface area contributed by atoms with Crippen LogP contribution < -0.4 is 5.43 Å². The topological polar surface area (TPSA) is 77.5 Å². The third-order valence-electron chi connectivity index (χ3n) is 2.57. The zero-order valence-corrected chi connectivity index (χ0v) is 12.8. The Morgan fingerprint density at radius 1 is 1.45 bits per heavy atom. The summed E-state index contributed by atoms with van der Waals surface area (Å²) in [5, 5.41) is 14.2. The number of hydrazone groups is 1. The molecule has 0 radical (unpaired) electrons. The van der Waals surface area contributed by atoms with E-state index in [9.17, 15) is 9.90 Å². The van der Waals surface area contributed by atoms with E-state index in [-0.39, 0.29) is 11.7 Å². The Bertz CT molecular complexity index is 682. The van der Waals surface area contributed by atoms with Gasteiger partial charge in [0.05, 0.1) is 5.71 Å². The third kappa shape index (κ3) is 3.40. The molecule has 2 rings (SSSR count). The summed E-state index contributed by atoms with van der Waals surface area (Å²) in [5.41, 5.74) is 3.69. The number of phenols is 1. The minimum absolute atomic E-state index is 0.0486. The molecule has 0 saturated heterocycles. The van der Waals surface area contributed by atoms with Gasteiger partial charge in [-0.25, -0.2) is 5.43 Å². The van der Waals surface area contributed by atoms with E-state index in [0.717, 1.165) is 4.47 Å². The highest BCUT2D eigenvalue weighted by molar-refractivity contribution is 9.10. The molecule has 1 heterocycles. The molecule has 5 nitrogen and oxygen atoms in total. The maximum Gasteiger partial charge on any atom is 0.287 e. The molecular formula is C13H11BrClN3O2. The summed E-state index contributed by atoms with van der Waals surface area (Å²) in [6.45, 7) is 1.66. The van der Waals surface area contributed by atoms with Gasteiger partial charge < -0.3 is 10.1 Å². The molecule has 0 fully saturated rings. The van der Waals surface area contributed by atoms with Gasteiger partial charge in [0.15, 0.2) is 0 Å². The Labute approximate surface area is 128 Å². The van der Waals surface area contributed by atoms with Crippen LogP contribution in [-0.2, 0) is 0 Å². The molecule has 0 bridgehead atoms. The van der Waals surface area contributed by atoms with Gasteiger partial charge in [0.25, 0.3) is 5.91 Å². The minimum Gasteiger partial charge on any atom is -0.507 e. The van der Waals surface area contributed by atoms with Crippen molar-refractivity contribution in [2.24, 2.45) is 5.10 Å². The quantitative estimate of drug-likeness (QED) is 0.583. The number of aromatic hydroxyl groups is 1. The molecule has 0 saturated carbocycles. The number of aromatic amines is 1. The first kappa shape index (κ1) is 14.6. The summed E-state index contributed by atoms with van der Waals surface area (Å²) in [7, 11) is 0. The van der Waals surface area contributed by atoms with Crippen molar-refractivity contribution >= 4 is 39.1 Å². The fourth-order valence-electron chi connectivity index (χ4n) is 1.55. The standard InChI is InChI=1S/C13H11BrClN3O2/c1-7(10-5-9(15)2-3-12(10)19)17-18-13(20)11-4-8(14)6-16-11/h2-6,16,19H,1H3,(H,18,20)/b17-7+. The fourth-order valence-corrected chi connectivity index (χ4v) is 2.07. The molecule has 1 amide bonds. The molecule has 0 aliphatic heterocycles. The Morgan fingerprint density at radius 3 is 2.85 bits per heavy atom. The van der Waals surface area contributed by atoms with E-state index in [0.29, 0.717) is 22.0 Å². The lowest BCUT2D eigenvalue weighted by atomic mass is 10.1. The zero-order valence-electron chi connectivity index (χ0n) is 10.4. The van der Waals surface area contributed by atoms with Gasteiger partial charge in [0.2, 0.25) is 0 Å². The van der Waals surface area contributed by atoms with Gasteiger partial charge in [0.1, 0.15) is 11.4 Å².